The van der Waals surface area contributed by atoms with Crippen molar-refractivity contribution in [1.29, 1.82) is 0 Å². The quantitative estimate of drug-likeness (QED) is 0.429. The predicted molar refractivity (Wildman–Crippen MR) is 64.4 cm³/mol. The van der Waals surface area contributed by atoms with Gasteiger partial charge in [0.2, 0.25) is 0 Å². The molecule has 0 saturated heterocycles. The third-order valence-electron chi connectivity index (χ3n) is 3.62. The summed E-state index contributed by atoms with van der Waals surface area (Å²) < 4.78 is 0. The highest BCUT2D eigenvalue weighted by Crippen LogP contribution is 2.31. The molecule has 0 aliphatic heterocycles. The highest BCUT2D eigenvalue weighted by atomic mass is 14.2. The first-order valence-electron chi connectivity index (χ1n) is 6.49. The van der Waals surface area contributed by atoms with Crippen LogP contribution in [0.4, 0.5) is 0 Å². The van der Waals surface area contributed by atoms with Crippen LogP contribution in [-0.4, -0.2) is 0 Å². The molecule has 0 heterocycles. The molecule has 0 bridgehead atoms. The van der Waals surface area contributed by atoms with E-state index in [9.17, 15) is 0 Å². The van der Waals surface area contributed by atoms with E-state index < -0.39 is 0 Å². The Morgan fingerprint density at radius 1 is 1.14 bits per heavy atom. The first-order chi connectivity index (χ1) is 6.84. The van der Waals surface area contributed by atoms with Gasteiger partial charge in [-0.05, 0) is 31.1 Å². The van der Waals surface area contributed by atoms with Crippen molar-refractivity contribution in [3.05, 3.63) is 12.2 Å². The molecule has 0 aromatic rings. The zero-order valence-corrected chi connectivity index (χ0v) is 9.97. The minimum absolute atomic E-state index is 0.972. The first-order valence-corrected chi connectivity index (χ1v) is 6.49. The third kappa shape index (κ3) is 4.30. The van der Waals surface area contributed by atoms with Crippen LogP contribution < -0.4 is 0 Å². The summed E-state index contributed by atoms with van der Waals surface area (Å²) in [4.78, 5) is 0. The topological polar surface area (TPSA) is 0 Å². The lowest BCUT2D eigenvalue weighted by atomic mass is 9.78. The zero-order chi connectivity index (χ0) is 10.2. The van der Waals surface area contributed by atoms with E-state index in [1.165, 1.54) is 51.4 Å². The molecule has 0 aromatic heterocycles. The van der Waals surface area contributed by atoms with Gasteiger partial charge in [0, 0.05) is 0 Å². The highest BCUT2D eigenvalue weighted by Gasteiger charge is 2.19. The van der Waals surface area contributed by atoms with Crippen molar-refractivity contribution < 1.29 is 0 Å². The van der Waals surface area contributed by atoms with Crippen LogP contribution in [0.3, 0.4) is 0 Å². The van der Waals surface area contributed by atoms with E-state index in [1.807, 2.05) is 0 Å². The molecule has 0 N–H and O–H groups in total. The molecule has 82 valence electrons. The minimum atomic E-state index is 0.972. The van der Waals surface area contributed by atoms with E-state index >= 15 is 0 Å². The SMILES string of the molecule is CCCCC=CC[C@@H]1CCCC[C@@H]1C. The predicted octanol–water partition coefficient (Wildman–Crippen LogP) is 4.95. The van der Waals surface area contributed by atoms with Crippen LogP contribution in [0.25, 0.3) is 0 Å². The summed E-state index contributed by atoms with van der Waals surface area (Å²) in [5, 5.41) is 0. The summed E-state index contributed by atoms with van der Waals surface area (Å²) in [5.41, 5.74) is 0. The van der Waals surface area contributed by atoms with Crippen molar-refractivity contribution >= 4 is 0 Å². The second-order valence-electron chi connectivity index (χ2n) is 4.87. The molecule has 1 aliphatic carbocycles. The van der Waals surface area contributed by atoms with E-state index in [1.54, 1.807) is 0 Å². The van der Waals surface area contributed by atoms with Crippen LogP contribution in [0.15, 0.2) is 12.2 Å². The monoisotopic (exact) mass is 194 g/mol. The summed E-state index contributed by atoms with van der Waals surface area (Å²) in [6.07, 6.45) is 16.0. The number of rotatable bonds is 5. The van der Waals surface area contributed by atoms with Crippen molar-refractivity contribution in [2.75, 3.05) is 0 Å². The smallest absolute Gasteiger partial charge is 0.0320 e. The Morgan fingerprint density at radius 2 is 1.93 bits per heavy atom. The molecule has 1 fully saturated rings. The molecule has 14 heavy (non-hydrogen) atoms. The van der Waals surface area contributed by atoms with Crippen LogP contribution in [0.5, 0.6) is 0 Å². The second kappa shape index (κ2) is 7.09. The number of unbranched alkanes of at least 4 members (excludes halogenated alkanes) is 2. The fourth-order valence-corrected chi connectivity index (χ4v) is 2.45. The minimum Gasteiger partial charge on any atom is -0.0885 e. The van der Waals surface area contributed by atoms with E-state index in [0.29, 0.717) is 0 Å². The summed E-state index contributed by atoms with van der Waals surface area (Å²) in [7, 11) is 0. The Balaban J connectivity index is 2.12. The molecular weight excluding hydrogens is 168 g/mol. The summed E-state index contributed by atoms with van der Waals surface area (Å²) in [6, 6.07) is 0. The molecule has 1 rings (SSSR count). The molecular formula is C14H26. The molecule has 0 amide bonds. The Morgan fingerprint density at radius 3 is 2.64 bits per heavy atom. The maximum Gasteiger partial charge on any atom is -0.0320 e. The van der Waals surface area contributed by atoms with Gasteiger partial charge in [0.1, 0.15) is 0 Å². The first kappa shape index (κ1) is 11.8. The summed E-state index contributed by atoms with van der Waals surface area (Å²) in [5.74, 6) is 1.96. The maximum atomic E-state index is 2.43. The van der Waals surface area contributed by atoms with Gasteiger partial charge >= 0.3 is 0 Å². The van der Waals surface area contributed by atoms with E-state index in [0.717, 1.165) is 11.8 Å². The van der Waals surface area contributed by atoms with Gasteiger partial charge < -0.3 is 0 Å². The summed E-state index contributed by atoms with van der Waals surface area (Å²) in [6.45, 7) is 4.70. The fourth-order valence-electron chi connectivity index (χ4n) is 2.45. The standard InChI is InChI=1S/C14H26/c1-3-4-5-6-7-11-14-12-9-8-10-13(14)2/h6-7,13-14H,3-5,8-12H2,1-2H3/t13-,14+/m0/s1. The molecule has 0 spiro atoms. The average Bonchev–Trinajstić information content (AvgIpc) is 2.20. The van der Waals surface area contributed by atoms with Gasteiger partial charge in [-0.25, -0.2) is 0 Å². The lowest BCUT2D eigenvalue weighted by Gasteiger charge is -2.27. The van der Waals surface area contributed by atoms with E-state index in [-0.39, 0.29) is 0 Å². The molecule has 0 radical (unpaired) electrons. The van der Waals surface area contributed by atoms with Crippen LogP contribution in [0, 0.1) is 11.8 Å². The van der Waals surface area contributed by atoms with Crippen molar-refractivity contribution in [2.24, 2.45) is 11.8 Å². The van der Waals surface area contributed by atoms with Crippen LogP contribution >= 0.6 is 0 Å². The van der Waals surface area contributed by atoms with Crippen LogP contribution in [0.2, 0.25) is 0 Å². The molecule has 2 atom stereocenters. The average molecular weight is 194 g/mol. The number of hydrogen-bond acceptors (Lipinski definition) is 0. The van der Waals surface area contributed by atoms with Gasteiger partial charge in [0.15, 0.2) is 0 Å². The molecule has 1 saturated carbocycles. The van der Waals surface area contributed by atoms with Crippen molar-refractivity contribution in [3.8, 4) is 0 Å². The van der Waals surface area contributed by atoms with Crippen LogP contribution in [-0.2, 0) is 0 Å². The molecule has 0 heteroatoms. The fraction of sp³-hybridized carbons (Fsp3) is 0.857. The van der Waals surface area contributed by atoms with Crippen molar-refractivity contribution in [3.63, 3.8) is 0 Å². The van der Waals surface area contributed by atoms with Gasteiger partial charge in [-0.2, -0.15) is 0 Å². The van der Waals surface area contributed by atoms with Crippen LogP contribution in [0.1, 0.15) is 65.2 Å². The van der Waals surface area contributed by atoms with Gasteiger partial charge in [-0.3, -0.25) is 0 Å². The number of allylic oxidation sites excluding steroid dienone is 2. The van der Waals surface area contributed by atoms with Gasteiger partial charge in [0.25, 0.3) is 0 Å². The largest absolute Gasteiger partial charge is 0.0885 e. The zero-order valence-electron chi connectivity index (χ0n) is 9.97. The van der Waals surface area contributed by atoms with Gasteiger partial charge in [0.05, 0.1) is 0 Å². The molecule has 1 aliphatic rings. The Labute approximate surface area is 89.8 Å². The third-order valence-corrected chi connectivity index (χ3v) is 3.62. The lowest BCUT2D eigenvalue weighted by Crippen LogP contribution is -2.15. The molecule has 0 aromatic carbocycles. The molecule has 0 nitrogen and oxygen atoms in total. The van der Waals surface area contributed by atoms with E-state index in [4.69, 9.17) is 0 Å². The normalized spacial score (nSPS) is 28.4. The van der Waals surface area contributed by atoms with Gasteiger partial charge in [-0.15, -0.1) is 0 Å². The van der Waals surface area contributed by atoms with Crippen molar-refractivity contribution in [2.45, 2.75) is 65.2 Å². The van der Waals surface area contributed by atoms with Crippen molar-refractivity contribution in [1.82, 2.24) is 0 Å². The maximum absolute atomic E-state index is 2.43. The van der Waals surface area contributed by atoms with E-state index in [2.05, 4.69) is 26.0 Å². The Hall–Kier alpha value is -0.260. The number of hydrogen-bond donors (Lipinski definition) is 0. The molecule has 0 unspecified atom stereocenters. The second-order valence-corrected chi connectivity index (χ2v) is 4.87. The lowest BCUT2D eigenvalue weighted by molar-refractivity contribution is 0.258. The Kier molecular flexibility index (Phi) is 5.98. The Bertz CT molecular complexity index is 157. The summed E-state index contributed by atoms with van der Waals surface area (Å²) >= 11 is 0. The highest BCUT2D eigenvalue weighted by molar-refractivity contribution is 4.86. The van der Waals surface area contributed by atoms with Gasteiger partial charge in [-0.1, -0.05) is 58.1 Å².